The molecule has 4 aromatic carbocycles. The third-order valence-corrected chi connectivity index (χ3v) is 8.60. The van der Waals surface area contributed by atoms with Crippen molar-refractivity contribution >= 4 is 29.5 Å². The molecule has 0 fully saturated rings. The van der Waals surface area contributed by atoms with Crippen LogP contribution in [0, 0.1) is 5.82 Å². The Kier molecular flexibility index (Phi) is 13.1. The highest BCUT2D eigenvalue weighted by Gasteiger charge is 2.30. The van der Waals surface area contributed by atoms with Crippen molar-refractivity contribution in [2.75, 3.05) is 26.7 Å². The molecule has 11 nitrogen and oxygen atoms in total. The van der Waals surface area contributed by atoms with Crippen LogP contribution < -0.4 is 26.0 Å². The Bertz CT molecular complexity index is 1860. The summed E-state index contributed by atoms with van der Waals surface area (Å²) < 4.78 is 20.3. The van der Waals surface area contributed by atoms with Gasteiger partial charge in [0.15, 0.2) is 0 Å². The maximum absolute atomic E-state index is 14.2. The van der Waals surface area contributed by atoms with Crippen LogP contribution in [-0.2, 0) is 38.4 Å². The molecule has 270 valence electrons. The quantitative estimate of drug-likeness (QED) is 0.222. The minimum atomic E-state index is -1.36. The van der Waals surface area contributed by atoms with Gasteiger partial charge in [-0.05, 0) is 47.7 Å². The van der Waals surface area contributed by atoms with E-state index in [-0.39, 0.29) is 43.9 Å². The number of fused-ring (bicyclic) bond motifs is 1. The third kappa shape index (κ3) is 10.7. The second kappa shape index (κ2) is 18.3. The highest BCUT2D eigenvalue weighted by Crippen LogP contribution is 2.19. The fraction of sp³-hybridized carbons (Fsp3) is 0.275. The van der Waals surface area contributed by atoms with Crippen LogP contribution in [0.3, 0.4) is 0 Å². The second-order valence-electron chi connectivity index (χ2n) is 12.6. The minimum Gasteiger partial charge on any atom is -0.491 e. The number of nitrogens with zero attached hydrogens (tertiary/aromatic N) is 1. The maximum atomic E-state index is 14.2. The molecule has 4 N–H and O–H groups in total. The van der Waals surface area contributed by atoms with Gasteiger partial charge in [0.25, 0.3) is 5.91 Å². The molecule has 5 amide bonds. The van der Waals surface area contributed by atoms with Crippen LogP contribution in [0.5, 0.6) is 5.75 Å². The molecule has 4 aromatic rings. The smallest absolute Gasteiger partial charge is 0.255 e. The summed E-state index contributed by atoms with van der Waals surface area (Å²) in [5.74, 6) is -3.20. The topological polar surface area (TPSA) is 146 Å². The van der Waals surface area contributed by atoms with Crippen LogP contribution in [-0.4, -0.2) is 79.3 Å². The molecule has 0 radical (unpaired) electrons. The number of rotatable bonds is 8. The monoisotopic (exact) mass is 707 g/mol. The summed E-state index contributed by atoms with van der Waals surface area (Å²) in [5, 5.41) is 11.1. The van der Waals surface area contributed by atoms with E-state index >= 15 is 0 Å². The molecule has 0 saturated carbocycles. The van der Waals surface area contributed by atoms with E-state index in [9.17, 15) is 28.4 Å². The Morgan fingerprint density at radius 2 is 1.42 bits per heavy atom. The van der Waals surface area contributed by atoms with Crippen LogP contribution in [0.15, 0.2) is 109 Å². The number of hydrogen-bond donors (Lipinski definition) is 4. The highest BCUT2D eigenvalue weighted by atomic mass is 19.1. The number of likely N-dealkylation sites (N-methyl/N-ethyl adjacent to an activating group) is 1. The van der Waals surface area contributed by atoms with Crippen molar-refractivity contribution in [3.8, 4) is 5.75 Å². The van der Waals surface area contributed by atoms with Crippen LogP contribution in [0.4, 0.5) is 4.39 Å². The van der Waals surface area contributed by atoms with Gasteiger partial charge in [-0.1, -0.05) is 91.0 Å². The maximum Gasteiger partial charge on any atom is 0.255 e. The normalized spacial score (nSPS) is 18.9. The number of carbonyl (C=O) groups excluding carboxylic acids is 5. The summed E-state index contributed by atoms with van der Waals surface area (Å²) in [7, 11) is 1.48. The first-order chi connectivity index (χ1) is 25.2. The van der Waals surface area contributed by atoms with Crippen molar-refractivity contribution in [3.05, 3.63) is 137 Å². The van der Waals surface area contributed by atoms with Crippen molar-refractivity contribution in [1.29, 1.82) is 0 Å². The molecule has 0 aromatic heterocycles. The Labute approximate surface area is 301 Å². The molecular weight excluding hydrogens is 665 g/mol. The lowest BCUT2D eigenvalue weighted by atomic mass is 10.0. The molecular formula is C40H42FN5O6. The summed E-state index contributed by atoms with van der Waals surface area (Å²) in [5.41, 5.74) is 2.21. The largest absolute Gasteiger partial charge is 0.491 e. The van der Waals surface area contributed by atoms with Crippen molar-refractivity contribution in [2.45, 2.75) is 43.8 Å². The lowest BCUT2D eigenvalue weighted by Gasteiger charge is -2.26. The number of hydrogen-bond acceptors (Lipinski definition) is 6. The van der Waals surface area contributed by atoms with Crippen molar-refractivity contribution in [1.82, 2.24) is 26.2 Å². The Hall–Kier alpha value is -6.04. The fourth-order valence-corrected chi connectivity index (χ4v) is 5.93. The van der Waals surface area contributed by atoms with Crippen LogP contribution in [0.25, 0.3) is 0 Å². The van der Waals surface area contributed by atoms with Gasteiger partial charge in [0, 0.05) is 20.0 Å². The summed E-state index contributed by atoms with van der Waals surface area (Å²) in [4.78, 5) is 69.3. The van der Waals surface area contributed by atoms with E-state index in [1.54, 1.807) is 48.5 Å². The fourth-order valence-electron chi connectivity index (χ4n) is 5.93. The van der Waals surface area contributed by atoms with E-state index in [0.717, 1.165) is 11.1 Å². The number of benzene rings is 4. The molecule has 0 spiro atoms. The van der Waals surface area contributed by atoms with Crippen LogP contribution in [0.1, 0.15) is 33.5 Å². The molecule has 0 saturated heterocycles. The average Bonchev–Trinajstić information content (AvgIpc) is 3.14. The van der Waals surface area contributed by atoms with Gasteiger partial charge < -0.3 is 30.9 Å². The van der Waals surface area contributed by atoms with Gasteiger partial charge in [-0.15, -0.1) is 0 Å². The van der Waals surface area contributed by atoms with Gasteiger partial charge in [-0.3, -0.25) is 24.0 Å². The van der Waals surface area contributed by atoms with E-state index in [0.29, 0.717) is 12.0 Å². The zero-order valence-corrected chi connectivity index (χ0v) is 28.8. The van der Waals surface area contributed by atoms with Crippen LogP contribution in [0.2, 0.25) is 0 Å². The molecule has 0 bridgehead atoms. The summed E-state index contributed by atoms with van der Waals surface area (Å²) in [6.45, 7) is -0.272. The van der Waals surface area contributed by atoms with E-state index < -0.39 is 59.9 Å². The van der Waals surface area contributed by atoms with Crippen molar-refractivity contribution in [2.24, 2.45) is 0 Å². The van der Waals surface area contributed by atoms with E-state index in [4.69, 9.17) is 4.74 Å². The SMILES string of the molecule is CN1CC(=O)N[C@H](Cc2ccccc2)COc2ccccc2C(=O)N[C@H](C(=O)NCCc2ccccc2F)CC(=O)N[C@@H](Cc2ccccc2)C1=O. The average molecular weight is 708 g/mol. The first-order valence-electron chi connectivity index (χ1n) is 17.1. The molecule has 12 heteroatoms. The predicted octanol–water partition coefficient (Wildman–Crippen LogP) is 2.98. The van der Waals surface area contributed by atoms with Crippen molar-refractivity contribution in [3.63, 3.8) is 0 Å². The van der Waals surface area contributed by atoms with Gasteiger partial charge in [-0.2, -0.15) is 0 Å². The Morgan fingerprint density at radius 1 is 0.788 bits per heavy atom. The van der Waals surface area contributed by atoms with Gasteiger partial charge in [0.2, 0.25) is 23.6 Å². The summed E-state index contributed by atoms with van der Waals surface area (Å²) >= 11 is 0. The number of amides is 5. The lowest BCUT2D eigenvalue weighted by Crippen LogP contribution is -2.54. The molecule has 5 rings (SSSR count). The standard InChI is InChI=1S/C40H42FN5O6/c1-46-25-37(48)43-30(22-27-12-4-2-5-13-27)26-52-35-19-11-9-17-31(35)38(49)45-33(39(50)42-21-20-29-16-8-10-18-32(29)41)24-36(47)44-34(40(46)51)23-28-14-6-3-7-15-28/h2-19,30,33-34H,20-26H2,1H3,(H,42,50)(H,43,48)(H,44,47)(H,45,49)/t30-,33+,34+/m1/s1. The first kappa shape index (κ1) is 37.2. The van der Waals surface area contributed by atoms with Gasteiger partial charge >= 0.3 is 0 Å². The van der Waals surface area contributed by atoms with Gasteiger partial charge in [0.05, 0.1) is 24.6 Å². The molecule has 0 aliphatic carbocycles. The third-order valence-electron chi connectivity index (χ3n) is 8.60. The number of nitrogens with one attached hydrogen (secondary N) is 4. The summed E-state index contributed by atoms with van der Waals surface area (Å²) in [6, 6.07) is 28.2. The van der Waals surface area contributed by atoms with Gasteiger partial charge in [-0.25, -0.2) is 4.39 Å². The van der Waals surface area contributed by atoms with Gasteiger partial charge in [0.1, 0.15) is 30.3 Å². The van der Waals surface area contributed by atoms with E-state index in [1.165, 1.54) is 24.1 Å². The molecule has 3 atom stereocenters. The van der Waals surface area contributed by atoms with E-state index in [2.05, 4.69) is 21.3 Å². The lowest BCUT2D eigenvalue weighted by molar-refractivity contribution is -0.138. The second-order valence-corrected chi connectivity index (χ2v) is 12.6. The van der Waals surface area contributed by atoms with E-state index in [1.807, 2.05) is 48.5 Å². The first-order valence-corrected chi connectivity index (χ1v) is 17.1. The number of para-hydroxylation sites is 1. The molecule has 1 aliphatic rings. The molecule has 52 heavy (non-hydrogen) atoms. The molecule has 1 heterocycles. The minimum absolute atomic E-state index is 0.0147. The molecule has 1 aliphatic heterocycles. The molecule has 0 unspecified atom stereocenters. The summed E-state index contributed by atoms with van der Waals surface area (Å²) in [6.07, 6.45) is 0.183. The van der Waals surface area contributed by atoms with Crippen LogP contribution >= 0.6 is 0 Å². The Balaban J connectivity index is 1.43. The zero-order valence-electron chi connectivity index (χ0n) is 28.8. The number of ether oxygens (including phenoxy) is 1. The number of halogens is 1. The Morgan fingerprint density at radius 3 is 2.13 bits per heavy atom. The number of carbonyl (C=O) groups is 5. The highest BCUT2D eigenvalue weighted by molar-refractivity contribution is 6.01. The predicted molar refractivity (Wildman–Crippen MR) is 193 cm³/mol. The zero-order chi connectivity index (χ0) is 36.9. The van der Waals surface area contributed by atoms with Crippen molar-refractivity contribution < 1.29 is 33.1 Å².